The Hall–Kier alpha value is -2.62. The van der Waals surface area contributed by atoms with Crippen molar-refractivity contribution in [2.75, 3.05) is 0 Å². The predicted octanol–water partition coefficient (Wildman–Crippen LogP) is 2.69. The summed E-state index contributed by atoms with van der Waals surface area (Å²) in [5.74, 6) is -0.339. The summed E-state index contributed by atoms with van der Waals surface area (Å²) in [5, 5.41) is 0. The molecule has 1 aromatic carbocycles. The Labute approximate surface area is 110 Å². The average molecular weight is 252 g/mol. The molecule has 0 aliphatic rings. The van der Waals surface area contributed by atoms with Crippen molar-refractivity contribution in [3.05, 3.63) is 72.2 Å². The van der Waals surface area contributed by atoms with E-state index in [-0.39, 0.29) is 12.6 Å². The summed E-state index contributed by atoms with van der Waals surface area (Å²) in [5.41, 5.74) is 2.21. The largest absolute Gasteiger partial charge is 0.457 e. The van der Waals surface area contributed by atoms with Crippen molar-refractivity contribution in [3.8, 4) is 0 Å². The lowest BCUT2D eigenvalue weighted by Gasteiger charge is -2.05. The van der Waals surface area contributed by atoms with Gasteiger partial charge in [0.05, 0.1) is 5.56 Å². The van der Waals surface area contributed by atoms with Crippen LogP contribution in [0, 0.1) is 0 Å². The van der Waals surface area contributed by atoms with Crippen LogP contribution in [0.2, 0.25) is 0 Å². The molecule has 0 spiro atoms. The van der Waals surface area contributed by atoms with E-state index in [0.29, 0.717) is 5.56 Å². The second-order valence-electron chi connectivity index (χ2n) is 4.17. The van der Waals surface area contributed by atoms with Gasteiger partial charge in [0.25, 0.3) is 0 Å². The zero-order chi connectivity index (χ0) is 13.1. The van der Waals surface area contributed by atoms with Gasteiger partial charge in [0.15, 0.2) is 0 Å². The van der Waals surface area contributed by atoms with Crippen molar-refractivity contribution >= 4 is 11.6 Å². The van der Waals surface area contributed by atoms with Crippen molar-refractivity contribution in [2.24, 2.45) is 0 Å². The van der Waals surface area contributed by atoms with E-state index >= 15 is 0 Å². The number of carbonyl (C=O) groups is 1. The van der Waals surface area contributed by atoms with Crippen LogP contribution in [0.15, 0.2) is 61.1 Å². The maximum absolute atomic E-state index is 11.9. The molecule has 2 aromatic heterocycles. The first-order valence-corrected chi connectivity index (χ1v) is 5.97. The molecule has 0 radical (unpaired) electrons. The first kappa shape index (κ1) is 11.5. The predicted molar refractivity (Wildman–Crippen MR) is 70.8 cm³/mol. The van der Waals surface area contributed by atoms with Crippen molar-refractivity contribution in [1.82, 2.24) is 9.38 Å². The molecule has 94 valence electrons. The van der Waals surface area contributed by atoms with E-state index in [1.807, 2.05) is 40.9 Å². The van der Waals surface area contributed by atoms with Gasteiger partial charge in [-0.2, -0.15) is 0 Å². The normalized spacial score (nSPS) is 10.5. The van der Waals surface area contributed by atoms with Crippen molar-refractivity contribution in [3.63, 3.8) is 0 Å². The van der Waals surface area contributed by atoms with Crippen LogP contribution in [0.3, 0.4) is 0 Å². The SMILES string of the molecule is O=C(OCc1ccccc1)c1ccn2ccnc2c1. The van der Waals surface area contributed by atoms with Gasteiger partial charge in [-0.25, -0.2) is 9.78 Å². The van der Waals surface area contributed by atoms with E-state index in [9.17, 15) is 4.79 Å². The summed E-state index contributed by atoms with van der Waals surface area (Å²) in [4.78, 5) is 16.1. The summed E-state index contributed by atoms with van der Waals surface area (Å²) < 4.78 is 7.10. The number of esters is 1. The molecular formula is C15H12N2O2. The van der Waals surface area contributed by atoms with Gasteiger partial charge in [0.1, 0.15) is 12.3 Å². The maximum Gasteiger partial charge on any atom is 0.338 e. The lowest BCUT2D eigenvalue weighted by Crippen LogP contribution is -2.05. The van der Waals surface area contributed by atoms with Gasteiger partial charge in [-0.05, 0) is 17.7 Å². The monoisotopic (exact) mass is 252 g/mol. The fourth-order valence-corrected chi connectivity index (χ4v) is 1.84. The lowest BCUT2D eigenvalue weighted by molar-refractivity contribution is 0.0472. The quantitative estimate of drug-likeness (QED) is 0.673. The molecule has 3 aromatic rings. The number of benzene rings is 1. The van der Waals surface area contributed by atoms with Crippen LogP contribution in [0.4, 0.5) is 0 Å². The zero-order valence-corrected chi connectivity index (χ0v) is 10.2. The van der Waals surface area contributed by atoms with Crippen molar-refractivity contribution < 1.29 is 9.53 Å². The van der Waals surface area contributed by atoms with Gasteiger partial charge in [-0.15, -0.1) is 0 Å². The minimum atomic E-state index is -0.339. The van der Waals surface area contributed by atoms with Crippen LogP contribution in [0.1, 0.15) is 15.9 Å². The molecule has 0 atom stereocenters. The Bertz CT molecular complexity index is 704. The van der Waals surface area contributed by atoms with Crippen LogP contribution >= 0.6 is 0 Å². The fourth-order valence-electron chi connectivity index (χ4n) is 1.84. The second-order valence-corrected chi connectivity index (χ2v) is 4.17. The van der Waals surface area contributed by atoms with Gasteiger partial charge < -0.3 is 9.14 Å². The van der Waals surface area contributed by atoms with Crippen molar-refractivity contribution in [1.29, 1.82) is 0 Å². The Kier molecular flexibility index (Phi) is 2.98. The van der Waals surface area contributed by atoms with Gasteiger partial charge in [0, 0.05) is 18.6 Å². The summed E-state index contributed by atoms with van der Waals surface area (Å²) in [6, 6.07) is 13.0. The highest BCUT2D eigenvalue weighted by molar-refractivity contribution is 5.90. The molecule has 0 fully saturated rings. The lowest BCUT2D eigenvalue weighted by atomic mass is 10.2. The maximum atomic E-state index is 11.9. The summed E-state index contributed by atoms with van der Waals surface area (Å²) in [6.07, 6.45) is 5.31. The molecule has 0 saturated heterocycles. The van der Waals surface area contributed by atoms with Gasteiger partial charge in [-0.3, -0.25) is 0 Å². The number of carbonyl (C=O) groups excluding carboxylic acids is 1. The molecule has 0 unspecified atom stereocenters. The molecule has 0 aliphatic carbocycles. The van der Waals surface area contributed by atoms with Gasteiger partial charge in [-0.1, -0.05) is 30.3 Å². The van der Waals surface area contributed by atoms with E-state index < -0.39 is 0 Å². The van der Waals surface area contributed by atoms with E-state index in [1.54, 1.807) is 24.5 Å². The molecule has 0 N–H and O–H groups in total. The molecule has 19 heavy (non-hydrogen) atoms. The van der Waals surface area contributed by atoms with Crippen LogP contribution in [-0.4, -0.2) is 15.4 Å². The minimum Gasteiger partial charge on any atom is -0.457 e. The third-order valence-corrected chi connectivity index (χ3v) is 2.85. The van der Waals surface area contributed by atoms with E-state index in [0.717, 1.165) is 11.2 Å². The summed E-state index contributed by atoms with van der Waals surface area (Å²) in [7, 11) is 0. The van der Waals surface area contributed by atoms with Crippen LogP contribution in [-0.2, 0) is 11.3 Å². The first-order valence-electron chi connectivity index (χ1n) is 5.97. The molecule has 4 nitrogen and oxygen atoms in total. The number of imidazole rings is 1. The number of nitrogens with zero attached hydrogens (tertiary/aromatic N) is 2. The van der Waals surface area contributed by atoms with Crippen LogP contribution in [0.5, 0.6) is 0 Å². The fraction of sp³-hybridized carbons (Fsp3) is 0.0667. The van der Waals surface area contributed by atoms with Crippen LogP contribution < -0.4 is 0 Å². The summed E-state index contributed by atoms with van der Waals surface area (Å²) in [6.45, 7) is 0.277. The van der Waals surface area contributed by atoms with E-state index in [4.69, 9.17) is 4.74 Å². The molecule has 0 bridgehead atoms. The van der Waals surface area contributed by atoms with Gasteiger partial charge >= 0.3 is 5.97 Å². The highest BCUT2D eigenvalue weighted by Crippen LogP contribution is 2.09. The molecule has 4 heteroatoms. The van der Waals surface area contributed by atoms with E-state index in [1.165, 1.54) is 0 Å². The molecule has 0 amide bonds. The Morgan fingerprint density at radius 3 is 2.84 bits per heavy atom. The smallest absolute Gasteiger partial charge is 0.338 e. The third-order valence-electron chi connectivity index (χ3n) is 2.85. The number of ether oxygens (including phenoxy) is 1. The molecule has 3 rings (SSSR count). The zero-order valence-electron chi connectivity index (χ0n) is 10.2. The molecule has 0 aliphatic heterocycles. The third kappa shape index (κ3) is 2.47. The molecule has 0 saturated carbocycles. The molecular weight excluding hydrogens is 240 g/mol. The summed E-state index contributed by atoms with van der Waals surface area (Å²) >= 11 is 0. The molecule has 2 heterocycles. The first-order chi connectivity index (χ1) is 9.33. The Balaban J connectivity index is 1.73. The van der Waals surface area contributed by atoms with Gasteiger partial charge in [0.2, 0.25) is 0 Å². The number of hydrogen-bond donors (Lipinski definition) is 0. The number of aromatic nitrogens is 2. The van der Waals surface area contributed by atoms with Crippen molar-refractivity contribution in [2.45, 2.75) is 6.61 Å². The Morgan fingerprint density at radius 2 is 2.00 bits per heavy atom. The number of rotatable bonds is 3. The average Bonchev–Trinajstić information content (AvgIpc) is 2.93. The Morgan fingerprint density at radius 1 is 1.16 bits per heavy atom. The highest BCUT2D eigenvalue weighted by atomic mass is 16.5. The topological polar surface area (TPSA) is 43.6 Å². The van der Waals surface area contributed by atoms with Crippen LogP contribution in [0.25, 0.3) is 5.65 Å². The van der Waals surface area contributed by atoms with E-state index in [2.05, 4.69) is 4.98 Å². The highest BCUT2D eigenvalue weighted by Gasteiger charge is 2.08. The standard InChI is InChI=1S/C15H12N2O2/c18-15(19-11-12-4-2-1-3-5-12)13-6-8-17-9-7-16-14(17)10-13/h1-10H,11H2. The minimum absolute atomic E-state index is 0.277. The second kappa shape index (κ2) is 4.94. The number of fused-ring (bicyclic) bond motifs is 1. The number of hydrogen-bond acceptors (Lipinski definition) is 3. The number of pyridine rings is 1.